The number of hydrogen-bond acceptors (Lipinski definition) is 2. The van der Waals surface area contributed by atoms with Crippen LogP contribution in [0, 0.1) is 6.92 Å². The molecule has 0 heterocycles. The number of ether oxygens (including phenoxy) is 1. The number of benzene rings is 2. The van der Waals surface area contributed by atoms with Gasteiger partial charge in [-0.3, -0.25) is 4.79 Å². The fourth-order valence-electron chi connectivity index (χ4n) is 3.37. The minimum atomic E-state index is 0.143. The molecule has 0 aliphatic carbocycles. The van der Waals surface area contributed by atoms with E-state index < -0.39 is 0 Å². The quantitative estimate of drug-likeness (QED) is 0.509. The number of rotatable bonds is 9. The zero-order valence-corrected chi connectivity index (χ0v) is 18.4. The number of nitrogens with zero attached hydrogens (tertiary/aromatic N) is 1. The molecule has 3 nitrogen and oxygen atoms in total. The number of halogens is 1. The van der Waals surface area contributed by atoms with E-state index in [0.29, 0.717) is 6.54 Å². The molecule has 2 aromatic carbocycles. The van der Waals surface area contributed by atoms with Crippen LogP contribution in [0.15, 0.2) is 40.9 Å². The van der Waals surface area contributed by atoms with Crippen molar-refractivity contribution >= 4 is 21.8 Å². The molecular formula is C23H30BrNO2. The van der Waals surface area contributed by atoms with E-state index >= 15 is 0 Å². The zero-order valence-electron chi connectivity index (χ0n) is 16.8. The zero-order chi connectivity index (χ0) is 19.8. The molecule has 0 radical (unpaired) electrons. The third kappa shape index (κ3) is 6.10. The van der Waals surface area contributed by atoms with Crippen molar-refractivity contribution in [1.29, 1.82) is 0 Å². The van der Waals surface area contributed by atoms with Gasteiger partial charge in [-0.1, -0.05) is 47.5 Å². The molecule has 1 amide bonds. The Morgan fingerprint density at radius 1 is 1.15 bits per heavy atom. The van der Waals surface area contributed by atoms with Gasteiger partial charge in [0.2, 0.25) is 5.91 Å². The number of amides is 1. The minimum Gasteiger partial charge on any atom is -0.496 e. The molecule has 0 spiro atoms. The van der Waals surface area contributed by atoms with Gasteiger partial charge in [0.1, 0.15) is 5.75 Å². The standard InChI is InChI=1S/C23H30BrNO2/c1-5-6-14-25(18(3)26)16-20-9-7-8-17(2)22(20)12-10-19-15-21(24)11-13-23(19)27-4/h7-9,11,13,15H,5-6,10,12,14,16H2,1-4H3. The van der Waals surface area contributed by atoms with Crippen molar-refractivity contribution in [1.82, 2.24) is 4.90 Å². The summed E-state index contributed by atoms with van der Waals surface area (Å²) < 4.78 is 6.58. The Bertz CT molecular complexity index is 773. The van der Waals surface area contributed by atoms with E-state index in [4.69, 9.17) is 4.74 Å². The number of carbonyl (C=O) groups excluding carboxylic acids is 1. The van der Waals surface area contributed by atoms with E-state index in [-0.39, 0.29) is 5.91 Å². The highest BCUT2D eigenvalue weighted by Crippen LogP contribution is 2.26. The molecule has 0 aromatic heterocycles. The second kappa shape index (κ2) is 10.5. The Hall–Kier alpha value is -1.81. The van der Waals surface area contributed by atoms with Gasteiger partial charge in [0.15, 0.2) is 0 Å². The molecule has 27 heavy (non-hydrogen) atoms. The van der Waals surface area contributed by atoms with Crippen LogP contribution in [0.25, 0.3) is 0 Å². The summed E-state index contributed by atoms with van der Waals surface area (Å²) in [5.74, 6) is 1.06. The summed E-state index contributed by atoms with van der Waals surface area (Å²) in [6.07, 6.45) is 3.95. The van der Waals surface area contributed by atoms with Gasteiger partial charge in [-0.25, -0.2) is 0 Å². The lowest BCUT2D eigenvalue weighted by atomic mass is 9.95. The Kier molecular flexibility index (Phi) is 8.36. The monoisotopic (exact) mass is 431 g/mol. The van der Waals surface area contributed by atoms with Gasteiger partial charge in [-0.2, -0.15) is 0 Å². The van der Waals surface area contributed by atoms with E-state index in [1.54, 1.807) is 14.0 Å². The van der Waals surface area contributed by atoms with Crippen molar-refractivity contribution in [2.75, 3.05) is 13.7 Å². The average Bonchev–Trinajstić information content (AvgIpc) is 2.64. The summed E-state index contributed by atoms with van der Waals surface area (Å²) in [5, 5.41) is 0. The highest BCUT2D eigenvalue weighted by Gasteiger charge is 2.14. The lowest BCUT2D eigenvalue weighted by Gasteiger charge is -2.23. The van der Waals surface area contributed by atoms with E-state index in [9.17, 15) is 4.79 Å². The van der Waals surface area contributed by atoms with Gasteiger partial charge < -0.3 is 9.64 Å². The maximum Gasteiger partial charge on any atom is 0.219 e. The molecule has 0 fully saturated rings. The van der Waals surface area contributed by atoms with Gasteiger partial charge in [0.25, 0.3) is 0 Å². The van der Waals surface area contributed by atoms with Gasteiger partial charge in [-0.05, 0) is 66.6 Å². The summed E-state index contributed by atoms with van der Waals surface area (Å²) in [5.41, 5.74) is 5.05. The summed E-state index contributed by atoms with van der Waals surface area (Å²) in [4.78, 5) is 14.0. The fraction of sp³-hybridized carbons (Fsp3) is 0.435. The van der Waals surface area contributed by atoms with Gasteiger partial charge in [0, 0.05) is 24.5 Å². The molecule has 0 bridgehead atoms. The Morgan fingerprint density at radius 2 is 1.93 bits per heavy atom. The first-order valence-electron chi connectivity index (χ1n) is 9.61. The molecule has 4 heteroatoms. The van der Waals surface area contributed by atoms with Crippen molar-refractivity contribution in [3.8, 4) is 5.75 Å². The molecule has 0 atom stereocenters. The van der Waals surface area contributed by atoms with Gasteiger partial charge in [0.05, 0.1) is 7.11 Å². The average molecular weight is 432 g/mol. The smallest absolute Gasteiger partial charge is 0.219 e. The predicted octanol–water partition coefficient (Wildman–Crippen LogP) is 5.70. The molecule has 2 aromatic rings. The van der Waals surface area contributed by atoms with Crippen LogP contribution in [0.1, 0.15) is 48.9 Å². The van der Waals surface area contributed by atoms with Crippen molar-refractivity contribution < 1.29 is 9.53 Å². The summed E-state index contributed by atoms with van der Waals surface area (Å²) in [6.45, 7) is 7.47. The van der Waals surface area contributed by atoms with Crippen molar-refractivity contribution in [2.24, 2.45) is 0 Å². The molecule has 0 saturated heterocycles. The van der Waals surface area contributed by atoms with Crippen molar-refractivity contribution in [3.05, 3.63) is 63.1 Å². The van der Waals surface area contributed by atoms with Crippen LogP contribution in [0.3, 0.4) is 0 Å². The second-order valence-corrected chi connectivity index (χ2v) is 7.88. The van der Waals surface area contributed by atoms with E-state index in [1.165, 1.54) is 22.3 Å². The third-order valence-corrected chi connectivity index (χ3v) is 5.48. The molecule has 146 valence electrons. The maximum atomic E-state index is 12.1. The van der Waals surface area contributed by atoms with Crippen LogP contribution in [0.2, 0.25) is 0 Å². The first-order valence-corrected chi connectivity index (χ1v) is 10.4. The Balaban J connectivity index is 2.22. The van der Waals surface area contributed by atoms with E-state index in [2.05, 4.69) is 54.0 Å². The minimum absolute atomic E-state index is 0.143. The van der Waals surface area contributed by atoms with Gasteiger partial charge >= 0.3 is 0 Å². The highest BCUT2D eigenvalue weighted by molar-refractivity contribution is 9.10. The third-order valence-electron chi connectivity index (χ3n) is 4.98. The number of methoxy groups -OCH3 is 1. The number of hydrogen-bond donors (Lipinski definition) is 0. The summed E-state index contributed by atoms with van der Waals surface area (Å²) >= 11 is 3.55. The lowest BCUT2D eigenvalue weighted by molar-refractivity contribution is -0.129. The summed E-state index contributed by atoms with van der Waals surface area (Å²) in [6, 6.07) is 12.5. The highest BCUT2D eigenvalue weighted by atomic mass is 79.9. The van der Waals surface area contributed by atoms with Crippen LogP contribution in [0.4, 0.5) is 0 Å². The molecule has 2 rings (SSSR count). The SMILES string of the molecule is CCCCN(Cc1cccc(C)c1CCc1cc(Br)ccc1OC)C(C)=O. The molecule has 0 aliphatic rings. The van der Waals surface area contributed by atoms with E-state index in [1.807, 2.05) is 17.0 Å². The lowest BCUT2D eigenvalue weighted by Crippen LogP contribution is -2.29. The van der Waals surface area contributed by atoms with E-state index in [0.717, 1.165) is 42.5 Å². The molecule has 0 saturated carbocycles. The Labute approximate surface area is 171 Å². The second-order valence-electron chi connectivity index (χ2n) is 6.96. The van der Waals surface area contributed by atoms with Crippen molar-refractivity contribution in [3.63, 3.8) is 0 Å². The first kappa shape index (κ1) is 21.5. The fourth-order valence-corrected chi connectivity index (χ4v) is 3.78. The number of aryl methyl sites for hydroxylation is 2. The number of carbonyl (C=O) groups is 1. The van der Waals surface area contributed by atoms with Crippen LogP contribution in [-0.2, 0) is 24.2 Å². The number of unbranched alkanes of at least 4 members (excludes halogenated alkanes) is 1. The molecule has 0 aliphatic heterocycles. The molecular weight excluding hydrogens is 402 g/mol. The van der Waals surface area contributed by atoms with Crippen LogP contribution in [0.5, 0.6) is 5.75 Å². The Morgan fingerprint density at radius 3 is 2.59 bits per heavy atom. The summed E-state index contributed by atoms with van der Waals surface area (Å²) in [7, 11) is 1.71. The topological polar surface area (TPSA) is 29.5 Å². The van der Waals surface area contributed by atoms with Crippen LogP contribution < -0.4 is 4.74 Å². The normalized spacial score (nSPS) is 10.7. The first-order chi connectivity index (χ1) is 13.0. The predicted molar refractivity (Wildman–Crippen MR) is 115 cm³/mol. The van der Waals surface area contributed by atoms with Crippen molar-refractivity contribution in [2.45, 2.75) is 53.0 Å². The van der Waals surface area contributed by atoms with Crippen LogP contribution in [-0.4, -0.2) is 24.5 Å². The largest absolute Gasteiger partial charge is 0.496 e. The molecule has 0 unspecified atom stereocenters. The molecule has 0 N–H and O–H groups in total. The van der Waals surface area contributed by atoms with Crippen LogP contribution >= 0.6 is 15.9 Å². The maximum absolute atomic E-state index is 12.1. The van der Waals surface area contributed by atoms with Gasteiger partial charge in [-0.15, -0.1) is 0 Å².